The molecule has 23 heavy (non-hydrogen) atoms. The first-order chi connectivity index (χ1) is 10.9. The Morgan fingerprint density at radius 3 is 2.39 bits per heavy atom. The molecule has 0 bridgehead atoms. The highest BCUT2D eigenvalue weighted by molar-refractivity contribution is 7.91. The zero-order valence-electron chi connectivity index (χ0n) is 13.7. The van der Waals surface area contributed by atoms with E-state index in [2.05, 4.69) is 11.1 Å². The molecule has 4 nitrogen and oxygen atoms in total. The quantitative estimate of drug-likeness (QED) is 0.849. The van der Waals surface area contributed by atoms with Crippen molar-refractivity contribution in [3.8, 4) is 0 Å². The minimum Gasteiger partial charge on any atom is -0.261 e. The Morgan fingerprint density at radius 1 is 1.17 bits per heavy atom. The Labute approximate surface area is 142 Å². The van der Waals surface area contributed by atoms with Gasteiger partial charge in [0.1, 0.15) is 4.21 Å². The lowest BCUT2D eigenvalue weighted by Gasteiger charge is -2.31. The molecule has 0 atom stereocenters. The summed E-state index contributed by atoms with van der Waals surface area (Å²) in [5, 5.41) is 0. The number of pyridine rings is 1. The fourth-order valence-corrected chi connectivity index (χ4v) is 6.42. The van der Waals surface area contributed by atoms with Gasteiger partial charge in [-0.15, -0.1) is 11.3 Å². The molecule has 2 aromatic heterocycles. The highest BCUT2D eigenvalue weighted by Gasteiger charge is 2.32. The number of nitrogens with zero attached hydrogens (tertiary/aromatic N) is 2. The van der Waals surface area contributed by atoms with Crippen molar-refractivity contribution in [2.24, 2.45) is 0 Å². The summed E-state index contributed by atoms with van der Waals surface area (Å²) in [5.74, 6) is 0.403. The predicted molar refractivity (Wildman–Crippen MR) is 93.5 cm³/mol. The van der Waals surface area contributed by atoms with E-state index in [1.54, 1.807) is 4.31 Å². The first-order valence-electron chi connectivity index (χ1n) is 7.87. The molecule has 0 aliphatic carbocycles. The number of sulfonamides is 1. The normalized spacial score (nSPS) is 17.5. The Kier molecular flexibility index (Phi) is 4.58. The minimum absolute atomic E-state index is 0.403. The third-order valence-electron chi connectivity index (χ3n) is 4.43. The molecule has 2 aromatic rings. The van der Waals surface area contributed by atoms with Gasteiger partial charge < -0.3 is 0 Å². The lowest BCUT2D eigenvalue weighted by Crippen LogP contribution is -2.37. The summed E-state index contributed by atoms with van der Waals surface area (Å²) in [6.45, 7) is 6.97. The SMILES string of the molecule is Cc1ccc(C2CCN(S(=O)(=O)c3sc(C)cc3C)CC2)cn1. The van der Waals surface area contributed by atoms with Crippen LogP contribution in [0.1, 0.15) is 40.5 Å². The van der Waals surface area contributed by atoms with Gasteiger partial charge >= 0.3 is 0 Å². The fraction of sp³-hybridized carbons (Fsp3) is 0.471. The predicted octanol–water partition coefficient (Wildman–Crippen LogP) is 3.64. The van der Waals surface area contributed by atoms with Crippen LogP contribution in [0.4, 0.5) is 0 Å². The number of aryl methyl sites for hydroxylation is 3. The molecule has 1 fully saturated rings. The topological polar surface area (TPSA) is 50.3 Å². The van der Waals surface area contributed by atoms with Gasteiger partial charge in [0.05, 0.1) is 0 Å². The van der Waals surface area contributed by atoms with Gasteiger partial charge in [-0.3, -0.25) is 4.98 Å². The Bertz CT molecular complexity index is 787. The zero-order valence-corrected chi connectivity index (χ0v) is 15.4. The van der Waals surface area contributed by atoms with E-state index in [-0.39, 0.29) is 0 Å². The van der Waals surface area contributed by atoms with Gasteiger partial charge in [-0.2, -0.15) is 4.31 Å². The maximum absolute atomic E-state index is 12.8. The van der Waals surface area contributed by atoms with Crippen molar-refractivity contribution in [1.29, 1.82) is 0 Å². The third kappa shape index (κ3) is 3.34. The van der Waals surface area contributed by atoms with Crippen LogP contribution < -0.4 is 0 Å². The van der Waals surface area contributed by atoms with E-state index < -0.39 is 10.0 Å². The Hall–Kier alpha value is -1.24. The number of thiophene rings is 1. The molecule has 6 heteroatoms. The fourth-order valence-electron chi connectivity index (χ4n) is 3.14. The van der Waals surface area contributed by atoms with E-state index >= 15 is 0 Å². The maximum Gasteiger partial charge on any atom is 0.252 e. The average molecular weight is 351 g/mol. The standard InChI is InChI=1S/C17H22N2O2S2/c1-12-10-14(3)22-17(12)23(20,21)19-8-6-15(7-9-19)16-5-4-13(2)18-11-16/h4-5,10-11,15H,6-9H2,1-3H3. The van der Waals surface area contributed by atoms with E-state index in [0.29, 0.717) is 23.2 Å². The first-order valence-corrected chi connectivity index (χ1v) is 10.1. The van der Waals surface area contributed by atoms with Gasteiger partial charge in [-0.05, 0) is 62.8 Å². The summed E-state index contributed by atoms with van der Waals surface area (Å²) in [7, 11) is -3.35. The van der Waals surface area contributed by atoms with Crippen molar-refractivity contribution in [3.63, 3.8) is 0 Å². The van der Waals surface area contributed by atoms with E-state index in [9.17, 15) is 8.42 Å². The van der Waals surface area contributed by atoms with Crippen molar-refractivity contribution in [2.45, 2.75) is 43.7 Å². The van der Waals surface area contributed by atoms with Gasteiger partial charge in [0.25, 0.3) is 10.0 Å². The van der Waals surface area contributed by atoms with Crippen LogP contribution in [0.2, 0.25) is 0 Å². The first kappa shape index (κ1) is 16.6. The van der Waals surface area contributed by atoms with Crippen LogP contribution in [-0.4, -0.2) is 30.8 Å². The molecule has 0 aromatic carbocycles. The van der Waals surface area contributed by atoms with Crippen molar-refractivity contribution in [2.75, 3.05) is 13.1 Å². The number of aromatic nitrogens is 1. The number of rotatable bonds is 3. The van der Waals surface area contributed by atoms with E-state index in [1.807, 2.05) is 39.1 Å². The average Bonchev–Trinajstić information content (AvgIpc) is 2.87. The van der Waals surface area contributed by atoms with Crippen LogP contribution >= 0.6 is 11.3 Å². The molecule has 1 aliphatic rings. The van der Waals surface area contributed by atoms with Gasteiger partial charge in [0, 0.05) is 29.9 Å². The Morgan fingerprint density at radius 2 is 1.87 bits per heavy atom. The summed E-state index contributed by atoms with van der Waals surface area (Å²) >= 11 is 1.37. The molecule has 0 spiro atoms. The van der Waals surface area contributed by atoms with Crippen molar-refractivity contribution in [1.82, 2.24) is 9.29 Å². The van der Waals surface area contributed by atoms with Gasteiger partial charge in [0.2, 0.25) is 0 Å². The molecule has 0 amide bonds. The van der Waals surface area contributed by atoms with Crippen LogP contribution in [0.3, 0.4) is 0 Å². The molecular weight excluding hydrogens is 328 g/mol. The van der Waals surface area contributed by atoms with Crippen LogP contribution in [0.15, 0.2) is 28.6 Å². The van der Waals surface area contributed by atoms with E-state index in [1.165, 1.54) is 16.9 Å². The second-order valence-electron chi connectivity index (χ2n) is 6.24. The molecule has 3 heterocycles. The van der Waals surface area contributed by atoms with Crippen LogP contribution in [0, 0.1) is 20.8 Å². The lowest BCUT2D eigenvalue weighted by atomic mass is 9.91. The maximum atomic E-state index is 12.8. The molecule has 1 saturated heterocycles. The van der Waals surface area contributed by atoms with Crippen LogP contribution in [0.25, 0.3) is 0 Å². The monoisotopic (exact) mass is 350 g/mol. The van der Waals surface area contributed by atoms with Crippen molar-refractivity contribution < 1.29 is 8.42 Å². The zero-order chi connectivity index (χ0) is 16.6. The summed E-state index contributed by atoms with van der Waals surface area (Å²) in [4.78, 5) is 5.40. The second-order valence-corrected chi connectivity index (χ2v) is 9.63. The Balaban J connectivity index is 1.73. The minimum atomic E-state index is -3.35. The molecular formula is C17H22N2O2S2. The summed E-state index contributed by atoms with van der Waals surface area (Å²) < 4.78 is 27.8. The molecule has 0 radical (unpaired) electrons. The highest BCUT2D eigenvalue weighted by atomic mass is 32.2. The number of piperidine rings is 1. The van der Waals surface area contributed by atoms with Crippen LogP contribution in [0.5, 0.6) is 0 Å². The van der Waals surface area contributed by atoms with Gasteiger partial charge in [-0.1, -0.05) is 6.07 Å². The van der Waals surface area contributed by atoms with Gasteiger partial charge in [0.15, 0.2) is 0 Å². The lowest BCUT2D eigenvalue weighted by molar-refractivity contribution is 0.319. The van der Waals surface area contributed by atoms with E-state index in [0.717, 1.165) is 29.0 Å². The van der Waals surface area contributed by atoms with Gasteiger partial charge in [-0.25, -0.2) is 8.42 Å². The summed E-state index contributed by atoms with van der Waals surface area (Å²) in [6, 6.07) is 6.09. The number of hydrogen-bond acceptors (Lipinski definition) is 4. The highest BCUT2D eigenvalue weighted by Crippen LogP contribution is 2.33. The largest absolute Gasteiger partial charge is 0.261 e. The van der Waals surface area contributed by atoms with Crippen LogP contribution in [-0.2, 0) is 10.0 Å². The molecule has 0 saturated carbocycles. The second kappa shape index (κ2) is 6.34. The van der Waals surface area contributed by atoms with Crippen molar-refractivity contribution >= 4 is 21.4 Å². The summed E-state index contributed by atoms with van der Waals surface area (Å²) in [5.41, 5.74) is 3.09. The smallest absolute Gasteiger partial charge is 0.252 e. The van der Waals surface area contributed by atoms with Crippen molar-refractivity contribution in [3.05, 3.63) is 46.1 Å². The molecule has 124 valence electrons. The molecule has 0 unspecified atom stereocenters. The number of hydrogen-bond donors (Lipinski definition) is 0. The van der Waals surface area contributed by atoms with E-state index in [4.69, 9.17) is 0 Å². The molecule has 1 aliphatic heterocycles. The third-order valence-corrected chi connectivity index (χ3v) is 8.09. The molecule has 3 rings (SSSR count). The summed E-state index contributed by atoms with van der Waals surface area (Å²) in [6.07, 6.45) is 3.64. The molecule has 0 N–H and O–H groups in total.